The Morgan fingerprint density at radius 1 is 1.62 bits per heavy atom. The topological polar surface area (TPSA) is 41.5 Å². The summed E-state index contributed by atoms with van der Waals surface area (Å²) >= 11 is 2.12. The molecule has 13 heavy (non-hydrogen) atoms. The van der Waals surface area contributed by atoms with Crippen LogP contribution in [0.25, 0.3) is 0 Å². The van der Waals surface area contributed by atoms with E-state index in [0.29, 0.717) is 17.6 Å². The van der Waals surface area contributed by atoms with Gasteiger partial charge in [0.2, 0.25) is 0 Å². The lowest BCUT2D eigenvalue weighted by Crippen LogP contribution is -2.16. The van der Waals surface area contributed by atoms with Gasteiger partial charge >= 0.3 is 0 Å². The van der Waals surface area contributed by atoms with Gasteiger partial charge in [-0.05, 0) is 21.0 Å². The first-order chi connectivity index (χ1) is 6.08. The molecule has 1 atom stereocenters. The highest BCUT2D eigenvalue weighted by atomic mass is 127. The van der Waals surface area contributed by atoms with Gasteiger partial charge in [-0.25, -0.2) is 0 Å². The predicted octanol–water partition coefficient (Wildman–Crippen LogP) is 1.21. The Bertz CT molecular complexity index is 120. The van der Waals surface area contributed by atoms with Crippen LogP contribution in [0.15, 0.2) is 12.2 Å². The Kier molecular flexibility index (Phi) is 15.0. The van der Waals surface area contributed by atoms with Gasteiger partial charge in [-0.3, -0.25) is 0 Å². The van der Waals surface area contributed by atoms with Crippen LogP contribution in [0, 0.1) is 0 Å². The molecule has 0 bridgehead atoms. The molecule has 80 valence electrons. The molecule has 0 aliphatic heterocycles. The normalized spacial score (nSPS) is 11.5. The van der Waals surface area contributed by atoms with Crippen LogP contribution in [0.4, 0.5) is 0 Å². The van der Waals surface area contributed by atoms with Crippen LogP contribution >= 0.6 is 22.6 Å². The van der Waals surface area contributed by atoms with E-state index in [9.17, 15) is 0 Å². The first-order valence-electron chi connectivity index (χ1n) is 4.13. The van der Waals surface area contributed by atoms with Gasteiger partial charge in [0.25, 0.3) is 0 Å². The molecule has 3 nitrogen and oxygen atoms in total. The van der Waals surface area contributed by atoms with Crippen LogP contribution in [0.2, 0.25) is 0 Å². The summed E-state index contributed by atoms with van der Waals surface area (Å²) in [6.07, 6.45) is -0.333. The van der Waals surface area contributed by atoms with E-state index < -0.39 is 0 Å². The minimum atomic E-state index is -0.333. The van der Waals surface area contributed by atoms with Gasteiger partial charge in [0.1, 0.15) is 0 Å². The van der Waals surface area contributed by atoms with Gasteiger partial charge in [-0.2, -0.15) is 0 Å². The summed E-state index contributed by atoms with van der Waals surface area (Å²) in [5.74, 6) is 0. The Morgan fingerprint density at radius 3 is 2.38 bits per heavy atom. The molecule has 0 amide bonds. The van der Waals surface area contributed by atoms with Gasteiger partial charge in [0, 0.05) is 4.43 Å². The molecule has 0 aromatic carbocycles. The molecule has 1 unspecified atom stereocenters. The average molecular weight is 301 g/mol. The van der Waals surface area contributed by atoms with Crippen LogP contribution in [0.1, 0.15) is 6.92 Å². The molecule has 0 heterocycles. The molecule has 2 N–H and O–H groups in total. The molecule has 0 saturated carbocycles. The summed E-state index contributed by atoms with van der Waals surface area (Å²) in [6, 6.07) is 0. The maximum absolute atomic E-state index is 9.01. The zero-order valence-corrected chi connectivity index (χ0v) is 10.8. The molecule has 0 aliphatic carbocycles. The fourth-order valence-corrected chi connectivity index (χ4v) is 0.668. The lowest BCUT2D eigenvalue weighted by molar-refractivity contribution is 0.0612. The number of hydrogen-bond donors (Lipinski definition) is 2. The SMILES string of the molecule is C=C(C)COCC(O)CI.CNC. The molecule has 0 saturated heterocycles. The third kappa shape index (κ3) is 19.0. The maximum atomic E-state index is 9.01. The highest BCUT2D eigenvalue weighted by Crippen LogP contribution is 1.94. The first kappa shape index (κ1) is 15.8. The molecule has 0 aromatic rings. The van der Waals surface area contributed by atoms with E-state index in [1.807, 2.05) is 21.0 Å². The van der Waals surface area contributed by atoms with Crippen molar-refractivity contribution in [1.82, 2.24) is 5.32 Å². The average Bonchev–Trinajstić information content (AvgIpc) is 2.05. The van der Waals surface area contributed by atoms with E-state index in [4.69, 9.17) is 9.84 Å². The van der Waals surface area contributed by atoms with Crippen LogP contribution in [0.5, 0.6) is 0 Å². The summed E-state index contributed by atoms with van der Waals surface area (Å²) in [6.45, 7) is 6.53. The van der Waals surface area contributed by atoms with Crippen LogP contribution < -0.4 is 5.32 Å². The molecule has 0 aliphatic rings. The summed E-state index contributed by atoms with van der Waals surface area (Å²) in [4.78, 5) is 0. The number of alkyl halides is 1. The van der Waals surface area contributed by atoms with Crippen LogP contribution in [-0.2, 0) is 4.74 Å². The third-order valence-corrected chi connectivity index (χ3v) is 1.85. The molecule has 0 rings (SSSR count). The second kappa shape index (κ2) is 12.3. The minimum Gasteiger partial charge on any atom is -0.390 e. The maximum Gasteiger partial charge on any atom is 0.0862 e. The van der Waals surface area contributed by atoms with Crippen molar-refractivity contribution in [3.8, 4) is 0 Å². The molecule has 0 radical (unpaired) electrons. The quantitative estimate of drug-likeness (QED) is 0.456. The highest BCUT2D eigenvalue weighted by molar-refractivity contribution is 14.1. The number of aliphatic hydroxyl groups excluding tert-OH is 1. The van der Waals surface area contributed by atoms with E-state index in [1.54, 1.807) is 0 Å². The van der Waals surface area contributed by atoms with Gasteiger partial charge in [-0.15, -0.1) is 0 Å². The molecule has 4 heteroatoms. The zero-order chi connectivity index (χ0) is 10.7. The second-order valence-corrected chi connectivity index (χ2v) is 3.66. The standard InChI is InChI=1S/C7H13IO2.C2H7N/c1-6(2)4-10-5-7(9)3-8;1-3-2/h7,9H,1,3-5H2,2H3;3H,1-2H3. The second-order valence-electron chi connectivity index (χ2n) is 2.78. The van der Waals surface area contributed by atoms with E-state index in [1.165, 1.54) is 0 Å². The van der Waals surface area contributed by atoms with E-state index in [-0.39, 0.29) is 6.10 Å². The number of hydrogen-bond acceptors (Lipinski definition) is 3. The minimum absolute atomic E-state index is 0.333. The van der Waals surface area contributed by atoms with Gasteiger partial charge in [0.05, 0.1) is 19.3 Å². The number of halogens is 1. The Hall–Kier alpha value is 0.350. The van der Waals surface area contributed by atoms with Crippen molar-refractivity contribution < 1.29 is 9.84 Å². The predicted molar refractivity (Wildman–Crippen MR) is 65.5 cm³/mol. The monoisotopic (exact) mass is 301 g/mol. The lowest BCUT2D eigenvalue weighted by Gasteiger charge is -2.06. The van der Waals surface area contributed by atoms with Crippen LogP contribution in [-0.4, -0.2) is 42.9 Å². The van der Waals surface area contributed by atoms with Crippen molar-refractivity contribution in [2.45, 2.75) is 13.0 Å². The zero-order valence-electron chi connectivity index (χ0n) is 8.64. The number of nitrogens with one attached hydrogen (secondary N) is 1. The highest BCUT2D eigenvalue weighted by Gasteiger charge is 1.99. The van der Waals surface area contributed by atoms with Crippen molar-refractivity contribution in [1.29, 1.82) is 0 Å². The Balaban J connectivity index is 0. The number of ether oxygens (including phenoxy) is 1. The van der Waals surface area contributed by atoms with Crippen molar-refractivity contribution >= 4 is 22.6 Å². The largest absolute Gasteiger partial charge is 0.390 e. The van der Waals surface area contributed by atoms with Crippen LogP contribution in [0.3, 0.4) is 0 Å². The summed E-state index contributed by atoms with van der Waals surface area (Å²) < 4.78 is 5.81. The summed E-state index contributed by atoms with van der Waals surface area (Å²) in [5, 5.41) is 11.8. The smallest absolute Gasteiger partial charge is 0.0862 e. The third-order valence-electron chi connectivity index (χ3n) is 0.837. The van der Waals surface area contributed by atoms with E-state index in [0.717, 1.165) is 5.57 Å². The summed E-state index contributed by atoms with van der Waals surface area (Å²) in [7, 11) is 3.75. The van der Waals surface area contributed by atoms with Crippen molar-refractivity contribution in [2.24, 2.45) is 0 Å². The molecule has 0 spiro atoms. The van der Waals surface area contributed by atoms with Gasteiger partial charge in [0.15, 0.2) is 0 Å². The fourth-order valence-electron chi connectivity index (χ4n) is 0.414. The van der Waals surface area contributed by atoms with Gasteiger partial charge in [-0.1, -0.05) is 34.7 Å². The van der Waals surface area contributed by atoms with E-state index in [2.05, 4.69) is 34.5 Å². The van der Waals surface area contributed by atoms with Crippen molar-refractivity contribution in [3.63, 3.8) is 0 Å². The Labute approximate surface area is 94.7 Å². The number of aliphatic hydroxyl groups is 1. The fraction of sp³-hybridized carbons (Fsp3) is 0.778. The van der Waals surface area contributed by atoms with Crippen molar-refractivity contribution in [2.75, 3.05) is 31.7 Å². The molecular formula is C9H20INO2. The first-order valence-corrected chi connectivity index (χ1v) is 5.65. The lowest BCUT2D eigenvalue weighted by atomic mass is 10.4. The Morgan fingerprint density at radius 2 is 2.08 bits per heavy atom. The molecule has 0 aromatic heterocycles. The molecular weight excluding hydrogens is 281 g/mol. The van der Waals surface area contributed by atoms with Crippen molar-refractivity contribution in [3.05, 3.63) is 12.2 Å². The summed E-state index contributed by atoms with van der Waals surface area (Å²) in [5.41, 5.74) is 0.987. The number of rotatable bonds is 5. The van der Waals surface area contributed by atoms with E-state index >= 15 is 0 Å². The molecule has 0 fully saturated rings. The van der Waals surface area contributed by atoms with Gasteiger partial charge < -0.3 is 15.2 Å².